The molecule has 7 nitrogen and oxygen atoms in total. The van der Waals surface area contributed by atoms with E-state index in [1.807, 2.05) is 4.98 Å². The van der Waals surface area contributed by atoms with E-state index in [9.17, 15) is 14.4 Å². The third kappa shape index (κ3) is 2.97. The maximum Gasteiger partial charge on any atom is 0.328 e. The van der Waals surface area contributed by atoms with E-state index in [0.29, 0.717) is 0 Å². The van der Waals surface area contributed by atoms with Crippen molar-refractivity contribution < 1.29 is 9.53 Å². The topological polar surface area (TPSA) is 107 Å². The Hall–Kier alpha value is -2.05. The molecular formula is C9H13N3O4. The number of aromatic amines is 1. The molecular weight excluding hydrogens is 214 g/mol. The van der Waals surface area contributed by atoms with Gasteiger partial charge in [0.2, 0.25) is 0 Å². The van der Waals surface area contributed by atoms with Crippen molar-refractivity contribution in [3.63, 3.8) is 0 Å². The number of nitrogen functional groups attached to an aromatic ring is 1. The second-order valence-electron chi connectivity index (χ2n) is 3.51. The van der Waals surface area contributed by atoms with Gasteiger partial charge >= 0.3 is 11.7 Å². The fraction of sp³-hybridized carbons (Fsp3) is 0.444. The fourth-order valence-corrected chi connectivity index (χ4v) is 1.08. The van der Waals surface area contributed by atoms with Crippen LogP contribution >= 0.6 is 0 Å². The number of carbonyl (C=O) groups excluding carboxylic acids is 1. The molecule has 16 heavy (non-hydrogen) atoms. The summed E-state index contributed by atoms with van der Waals surface area (Å²) in [5.74, 6) is -0.566. The molecule has 1 aromatic heterocycles. The molecule has 0 saturated carbocycles. The molecule has 0 bridgehead atoms. The summed E-state index contributed by atoms with van der Waals surface area (Å²) >= 11 is 0. The summed E-state index contributed by atoms with van der Waals surface area (Å²) in [6, 6.07) is 0. The number of nitrogens with zero attached hydrogens (tertiary/aromatic N) is 1. The first-order valence-electron chi connectivity index (χ1n) is 4.69. The van der Waals surface area contributed by atoms with E-state index in [4.69, 9.17) is 10.5 Å². The molecule has 1 aromatic rings. The van der Waals surface area contributed by atoms with Crippen LogP contribution in [0.3, 0.4) is 0 Å². The average Bonchev–Trinajstić information content (AvgIpc) is 2.12. The van der Waals surface area contributed by atoms with Crippen molar-refractivity contribution in [1.29, 1.82) is 0 Å². The Bertz CT molecular complexity index is 500. The van der Waals surface area contributed by atoms with Gasteiger partial charge in [-0.3, -0.25) is 19.1 Å². The number of H-pyrrole nitrogens is 1. The minimum absolute atomic E-state index is 0.128. The zero-order valence-electron chi connectivity index (χ0n) is 9.02. The summed E-state index contributed by atoms with van der Waals surface area (Å²) in [5.41, 5.74) is 3.82. The standard InChI is InChI=1S/C9H13N3O4/c1-5(2)16-7(13)4-12-3-6(10)8(14)11-9(12)15/h3,5H,4,10H2,1-2H3,(H,11,14,15). The van der Waals surface area contributed by atoms with E-state index in [1.165, 1.54) is 0 Å². The van der Waals surface area contributed by atoms with Crippen molar-refractivity contribution in [2.75, 3.05) is 5.73 Å². The SMILES string of the molecule is CC(C)OC(=O)Cn1cc(N)c(=O)[nH]c1=O. The Morgan fingerprint density at radius 1 is 1.56 bits per heavy atom. The van der Waals surface area contributed by atoms with Gasteiger partial charge in [-0.2, -0.15) is 0 Å². The summed E-state index contributed by atoms with van der Waals surface area (Å²) in [5, 5.41) is 0. The van der Waals surface area contributed by atoms with Crippen LogP contribution in [0.2, 0.25) is 0 Å². The van der Waals surface area contributed by atoms with E-state index >= 15 is 0 Å². The summed E-state index contributed by atoms with van der Waals surface area (Å²) in [4.78, 5) is 35.4. The molecule has 7 heteroatoms. The first kappa shape index (κ1) is 12.0. The Morgan fingerprint density at radius 3 is 2.75 bits per heavy atom. The maximum atomic E-state index is 11.3. The van der Waals surface area contributed by atoms with E-state index in [1.54, 1.807) is 13.8 Å². The number of carbonyl (C=O) groups is 1. The van der Waals surface area contributed by atoms with Crippen molar-refractivity contribution >= 4 is 11.7 Å². The highest BCUT2D eigenvalue weighted by molar-refractivity contribution is 5.69. The van der Waals surface area contributed by atoms with Crippen molar-refractivity contribution in [2.24, 2.45) is 0 Å². The number of nitrogens with two attached hydrogens (primary N) is 1. The van der Waals surface area contributed by atoms with Gasteiger partial charge in [0, 0.05) is 6.20 Å². The Kier molecular flexibility index (Phi) is 3.49. The summed E-state index contributed by atoms with van der Waals surface area (Å²) in [7, 11) is 0. The first-order valence-corrected chi connectivity index (χ1v) is 4.69. The van der Waals surface area contributed by atoms with E-state index < -0.39 is 17.2 Å². The predicted molar refractivity (Wildman–Crippen MR) is 57.0 cm³/mol. The van der Waals surface area contributed by atoms with Gasteiger partial charge in [-0.1, -0.05) is 0 Å². The molecule has 0 fully saturated rings. The van der Waals surface area contributed by atoms with Gasteiger partial charge in [-0.05, 0) is 13.8 Å². The lowest BCUT2D eigenvalue weighted by Crippen LogP contribution is -2.33. The van der Waals surface area contributed by atoms with Crippen LogP contribution in [0.15, 0.2) is 15.8 Å². The van der Waals surface area contributed by atoms with Gasteiger partial charge < -0.3 is 10.5 Å². The van der Waals surface area contributed by atoms with Gasteiger partial charge in [0.15, 0.2) is 0 Å². The molecule has 1 rings (SSSR count). The lowest BCUT2D eigenvalue weighted by molar-refractivity contribution is -0.148. The van der Waals surface area contributed by atoms with Crippen molar-refractivity contribution in [1.82, 2.24) is 9.55 Å². The maximum absolute atomic E-state index is 11.3. The van der Waals surface area contributed by atoms with Crippen LogP contribution in [0, 0.1) is 0 Å². The molecule has 0 amide bonds. The van der Waals surface area contributed by atoms with Gasteiger partial charge in [0.1, 0.15) is 12.2 Å². The van der Waals surface area contributed by atoms with Crippen LogP contribution in [0.5, 0.6) is 0 Å². The highest BCUT2D eigenvalue weighted by Gasteiger charge is 2.09. The second kappa shape index (κ2) is 4.65. The molecule has 0 atom stereocenters. The minimum Gasteiger partial charge on any atom is -0.462 e. The summed E-state index contributed by atoms with van der Waals surface area (Å²) in [6.45, 7) is 3.11. The third-order valence-electron chi connectivity index (χ3n) is 1.71. The Balaban J connectivity index is 2.90. The van der Waals surface area contributed by atoms with Crippen LogP contribution in [-0.2, 0) is 16.1 Å². The van der Waals surface area contributed by atoms with Crippen LogP contribution in [0.1, 0.15) is 13.8 Å². The number of rotatable bonds is 3. The average molecular weight is 227 g/mol. The molecule has 0 saturated heterocycles. The highest BCUT2D eigenvalue weighted by atomic mass is 16.5. The van der Waals surface area contributed by atoms with Gasteiger partial charge in [-0.15, -0.1) is 0 Å². The molecule has 0 aliphatic rings. The normalized spacial score (nSPS) is 10.4. The molecule has 1 heterocycles. The molecule has 0 aromatic carbocycles. The zero-order chi connectivity index (χ0) is 12.3. The largest absolute Gasteiger partial charge is 0.462 e. The number of nitrogens with one attached hydrogen (secondary N) is 1. The van der Waals surface area contributed by atoms with Crippen molar-refractivity contribution in [3.05, 3.63) is 27.0 Å². The first-order chi connectivity index (χ1) is 7.40. The Morgan fingerprint density at radius 2 is 2.19 bits per heavy atom. The summed E-state index contributed by atoms with van der Waals surface area (Å²) in [6.07, 6.45) is 0.853. The van der Waals surface area contributed by atoms with Gasteiger partial charge in [-0.25, -0.2) is 4.79 Å². The van der Waals surface area contributed by atoms with Crippen LogP contribution in [0.4, 0.5) is 5.69 Å². The molecule has 3 N–H and O–H groups in total. The quantitative estimate of drug-likeness (QED) is 0.649. The molecule has 0 aliphatic carbocycles. The van der Waals surface area contributed by atoms with Crippen LogP contribution < -0.4 is 17.0 Å². The molecule has 0 unspecified atom stereocenters. The number of esters is 1. The number of hydrogen-bond acceptors (Lipinski definition) is 5. The Labute approximate surface area is 90.8 Å². The monoisotopic (exact) mass is 227 g/mol. The minimum atomic E-state index is -0.695. The fourth-order valence-electron chi connectivity index (χ4n) is 1.08. The van der Waals surface area contributed by atoms with E-state index in [-0.39, 0.29) is 18.3 Å². The number of hydrogen-bond donors (Lipinski definition) is 2. The number of anilines is 1. The molecule has 0 spiro atoms. The molecule has 0 radical (unpaired) electrons. The van der Waals surface area contributed by atoms with Crippen LogP contribution in [-0.4, -0.2) is 21.6 Å². The smallest absolute Gasteiger partial charge is 0.328 e. The number of ether oxygens (including phenoxy) is 1. The van der Waals surface area contributed by atoms with Crippen LogP contribution in [0.25, 0.3) is 0 Å². The third-order valence-corrected chi connectivity index (χ3v) is 1.71. The predicted octanol–water partition coefficient (Wildman–Crippen LogP) is -0.930. The van der Waals surface area contributed by atoms with Gasteiger partial charge in [0.25, 0.3) is 5.56 Å². The zero-order valence-corrected chi connectivity index (χ0v) is 9.02. The summed E-state index contributed by atoms with van der Waals surface area (Å²) < 4.78 is 5.84. The van der Waals surface area contributed by atoms with Crippen molar-refractivity contribution in [3.8, 4) is 0 Å². The molecule has 0 aliphatic heterocycles. The van der Waals surface area contributed by atoms with Crippen molar-refractivity contribution in [2.45, 2.75) is 26.5 Å². The highest BCUT2D eigenvalue weighted by Crippen LogP contribution is 1.93. The molecule has 88 valence electrons. The lowest BCUT2D eigenvalue weighted by atomic mass is 10.4. The van der Waals surface area contributed by atoms with E-state index in [2.05, 4.69) is 0 Å². The lowest BCUT2D eigenvalue weighted by Gasteiger charge is -2.09. The number of aromatic nitrogens is 2. The second-order valence-corrected chi connectivity index (χ2v) is 3.51. The van der Waals surface area contributed by atoms with Gasteiger partial charge in [0.05, 0.1) is 6.10 Å². The van der Waals surface area contributed by atoms with E-state index in [0.717, 1.165) is 10.8 Å².